The van der Waals surface area contributed by atoms with Gasteiger partial charge in [0.05, 0.1) is 0 Å². The fraction of sp³-hybridized carbons (Fsp3) is 0.200. The molecule has 0 atom stereocenters. The maximum absolute atomic E-state index is 10.5. The van der Waals surface area contributed by atoms with Crippen molar-refractivity contribution in [1.29, 1.82) is 5.26 Å². The third kappa shape index (κ3) is 2.81. The van der Waals surface area contributed by atoms with Crippen molar-refractivity contribution in [1.82, 2.24) is 0 Å². The van der Waals surface area contributed by atoms with E-state index in [4.69, 9.17) is 5.26 Å². The first-order valence-corrected chi connectivity index (χ1v) is 4.71. The molecule has 3 heteroatoms. The van der Waals surface area contributed by atoms with Crippen LogP contribution < -0.4 is 0 Å². The Kier molecular flexibility index (Phi) is 5.31. The third-order valence-corrected chi connectivity index (χ3v) is 3.06. The monoisotopic (exact) mass is 287 g/mol. The molecule has 0 radical (unpaired) electrons. The number of hydrogen-bond donors (Lipinski definition) is 0. The summed E-state index contributed by atoms with van der Waals surface area (Å²) in [6, 6.07) is 3.82. The molecule has 1 aromatic rings. The molecule has 2 nitrogen and oxygen atoms in total. The lowest BCUT2D eigenvalue weighted by atomic mass is 10.1. The summed E-state index contributed by atoms with van der Waals surface area (Å²) in [5.41, 5.74) is 3.09. The van der Waals surface area contributed by atoms with E-state index in [1.54, 1.807) is 0 Å². The molecule has 0 N–H and O–H groups in total. The van der Waals surface area contributed by atoms with E-state index in [2.05, 4.69) is 29.2 Å². The second kappa shape index (κ2) is 5.70. The largest absolute Gasteiger partial charge is 0.298 e. The predicted molar refractivity (Wildman–Crippen MR) is 60.7 cm³/mol. The van der Waals surface area contributed by atoms with Gasteiger partial charge in [-0.15, -0.1) is 0 Å². The van der Waals surface area contributed by atoms with Crippen molar-refractivity contribution in [2.24, 2.45) is 0 Å². The Bertz CT molecular complexity index is 331. The van der Waals surface area contributed by atoms with E-state index in [9.17, 15) is 4.79 Å². The van der Waals surface area contributed by atoms with E-state index in [0.29, 0.717) is 0 Å². The average Bonchev–Trinajstić information content (AvgIpc) is 2.18. The number of nitrogens with zero attached hydrogens (tertiary/aromatic N) is 1. The van der Waals surface area contributed by atoms with Crippen molar-refractivity contribution in [2.45, 2.75) is 13.8 Å². The standard InChI is InChI=1S/C9H9IO.CHN/c1-6-7(2)9(10)4-3-8(6)5-11;1-2/h3-5H,1-2H3;1H. The van der Waals surface area contributed by atoms with Crippen molar-refractivity contribution in [3.8, 4) is 6.57 Å². The zero-order valence-electron chi connectivity index (χ0n) is 7.54. The molecule has 0 aliphatic heterocycles. The first kappa shape index (κ1) is 12.1. The first-order valence-electron chi connectivity index (χ1n) is 3.63. The van der Waals surface area contributed by atoms with Crippen molar-refractivity contribution in [2.75, 3.05) is 0 Å². The number of carbonyl (C=O) groups excluding carboxylic acids is 1. The lowest BCUT2D eigenvalue weighted by molar-refractivity contribution is 0.112. The van der Waals surface area contributed by atoms with Crippen LogP contribution in [-0.4, -0.2) is 6.29 Å². The summed E-state index contributed by atoms with van der Waals surface area (Å²) in [7, 11) is 0. The van der Waals surface area contributed by atoms with E-state index < -0.39 is 0 Å². The molecule has 0 aliphatic carbocycles. The maximum atomic E-state index is 10.5. The highest BCUT2D eigenvalue weighted by molar-refractivity contribution is 14.1. The Morgan fingerprint density at radius 2 is 1.85 bits per heavy atom. The molecule has 0 bridgehead atoms. The normalized spacial score (nSPS) is 8.38. The van der Waals surface area contributed by atoms with Gasteiger partial charge >= 0.3 is 0 Å². The Labute approximate surface area is 91.7 Å². The lowest BCUT2D eigenvalue weighted by Crippen LogP contribution is -1.92. The summed E-state index contributed by atoms with van der Waals surface area (Å²) in [6.07, 6.45) is 0.901. The van der Waals surface area contributed by atoms with Crippen LogP contribution >= 0.6 is 22.6 Å². The van der Waals surface area contributed by atoms with E-state index >= 15 is 0 Å². The van der Waals surface area contributed by atoms with Crippen LogP contribution in [0.4, 0.5) is 0 Å². The van der Waals surface area contributed by atoms with E-state index in [0.717, 1.165) is 17.4 Å². The van der Waals surface area contributed by atoms with Gasteiger partial charge in [-0.05, 0) is 53.6 Å². The molecule has 13 heavy (non-hydrogen) atoms. The molecule has 1 aromatic carbocycles. The number of nitriles is 1. The van der Waals surface area contributed by atoms with Gasteiger partial charge in [-0.3, -0.25) is 4.79 Å². The van der Waals surface area contributed by atoms with Crippen LogP contribution in [0.25, 0.3) is 0 Å². The van der Waals surface area contributed by atoms with E-state index in [-0.39, 0.29) is 0 Å². The number of aldehydes is 1. The maximum Gasteiger partial charge on any atom is 0.150 e. The molecular weight excluding hydrogens is 277 g/mol. The zero-order chi connectivity index (χ0) is 10.4. The first-order chi connectivity index (χ1) is 6.16. The topological polar surface area (TPSA) is 40.9 Å². The minimum absolute atomic E-state index is 0.794. The molecular formula is C10H10INO. The molecule has 0 spiro atoms. The number of rotatable bonds is 1. The third-order valence-electron chi connectivity index (χ3n) is 1.89. The molecule has 0 amide bonds. The van der Waals surface area contributed by atoms with Gasteiger partial charge in [0.25, 0.3) is 0 Å². The Balaban J connectivity index is 0.000000671. The molecule has 1 rings (SSSR count). The minimum atomic E-state index is 0.794. The second-order valence-electron chi connectivity index (χ2n) is 2.50. The summed E-state index contributed by atoms with van der Waals surface area (Å²) < 4.78 is 1.21. The number of benzene rings is 1. The zero-order valence-corrected chi connectivity index (χ0v) is 9.70. The predicted octanol–water partition coefficient (Wildman–Crippen LogP) is 2.86. The fourth-order valence-corrected chi connectivity index (χ4v) is 1.52. The fourth-order valence-electron chi connectivity index (χ4n) is 0.936. The smallest absolute Gasteiger partial charge is 0.150 e. The highest BCUT2D eigenvalue weighted by atomic mass is 127. The Morgan fingerprint density at radius 1 is 1.31 bits per heavy atom. The Morgan fingerprint density at radius 3 is 2.31 bits per heavy atom. The van der Waals surface area contributed by atoms with Gasteiger partial charge < -0.3 is 0 Å². The molecule has 0 fully saturated rings. The van der Waals surface area contributed by atoms with Crippen LogP contribution in [0.5, 0.6) is 0 Å². The molecule has 0 aromatic heterocycles. The van der Waals surface area contributed by atoms with Crippen LogP contribution in [0.2, 0.25) is 0 Å². The van der Waals surface area contributed by atoms with Gasteiger partial charge in [0, 0.05) is 15.7 Å². The van der Waals surface area contributed by atoms with Gasteiger partial charge in [-0.1, -0.05) is 6.07 Å². The van der Waals surface area contributed by atoms with Gasteiger partial charge in [0.1, 0.15) is 6.29 Å². The quantitative estimate of drug-likeness (QED) is 0.588. The van der Waals surface area contributed by atoms with E-state index in [1.165, 1.54) is 9.13 Å². The summed E-state index contributed by atoms with van der Waals surface area (Å²) >= 11 is 2.27. The van der Waals surface area contributed by atoms with Crippen LogP contribution in [-0.2, 0) is 0 Å². The van der Waals surface area contributed by atoms with E-state index in [1.807, 2.05) is 26.0 Å². The average molecular weight is 287 g/mol. The van der Waals surface area contributed by atoms with Gasteiger partial charge in [0.15, 0.2) is 0 Å². The highest BCUT2D eigenvalue weighted by Crippen LogP contribution is 2.17. The summed E-state index contributed by atoms with van der Waals surface area (Å²) in [5, 5.41) is 6.50. The molecule has 0 unspecified atom stereocenters. The molecule has 68 valence electrons. The molecule has 0 heterocycles. The van der Waals surface area contributed by atoms with Crippen LogP contribution in [0.3, 0.4) is 0 Å². The molecule has 0 saturated heterocycles. The molecule has 0 saturated carbocycles. The summed E-state index contributed by atoms with van der Waals surface area (Å²) in [4.78, 5) is 10.5. The van der Waals surface area contributed by atoms with Gasteiger partial charge in [-0.25, -0.2) is 5.26 Å². The van der Waals surface area contributed by atoms with Crippen LogP contribution in [0.15, 0.2) is 12.1 Å². The summed E-state index contributed by atoms with van der Waals surface area (Å²) in [6.45, 7) is 7.51. The van der Waals surface area contributed by atoms with Crippen molar-refractivity contribution in [3.63, 3.8) is 0 Å². The Hall–Kier alpha value is -0.890. The summed E-state index contributed by atoms with van der Waals surface area (Å²) in [5.74, 6) is 0. The molecule has 0 aliphatic rings. The van der Waals surface area contributed by atoms with Crippen molar-refractivity contribution < 1.29 is 4.79 Å². The second-order valence-corrected chi connectivity index (χ2v) is 3.67. The highest BCUT2D eigenvalue weighted by Gasteiger charge is 2.01. The SMILES string of the molecule is C#N.Cc1c(I)ccc(C=O)c1C. The number of halogens is 1. The van der Waals surface area contributed by atoms with Gasteiger partial charge in [0.2, 0.25) is 0 Å². The van der Waals surface area contributed by atoms with Gasteiger partial charge in [-0.2, -0.15) is 0 Å². The lowest BCUT2D eigenvalue weighted by Gasteiger charge is -2.04. The van der Waals surface area contributed by atoms with Crippen molar-refractivity contribution >= 4 is 28.9 Å². The number of hydrogen-bond acceptors (Lipinski definition) is 2. The van der Waals surface area contributed by atoms with Crippen LogP contribution in [0, 0.1) is 29.3 Å². The number of carbonyl (C=O) groups is 1. The van der Waals surface area contributed by atoms with Crippen LogP contribution in [0.1, 0.15) is 21.5 Å². The minimum Gasteiger partial charge on any atom is -0.298 e. The van der Waals surface area contributed by atoms with Crippen molar-refractivity contribution in [3.05, 3.63) is 32.4 Å².